The van der Waals surface area contributed by atoms with Gasteiger partial charge in [-0.15, -0.1) is 0 Å². The molecule has 3 N–H and O–H groups in total. The Kier molecular flexibility index (Phi) is 4.11. The van der Waals surface area contributed by atoms with Gasteiger partial charge in [0.1, 0.15) is 0 Å². The van der Waals surface area contributed by atoms with Crippen molar-refractivity contribution in [2.45, 2.75) is 64.5 Å². The number of rotatable bonds is 4. The SMILES string of the molecule is CC(C)C(C)C(NN)C1CCOC2(CCC2)C1. The summed E-state index contributed by atoms with van der Waals surface area (Å²) in [6.45, 7) is 7.81. The fraction of sp³-hybridized carbons (Fsp3) is 1.00. The van der Waals surface area contributed by atoms with Gasteiger partial charge in [0.15, 0.2) is 0 Å². The fourth-order valence-corrected chi connectivity index (χ4v) is 3.42. The summed E-state index contributed by atoms with van der Waals surface area (Å²) in [6, 6.07) is 0.441. The molecule has 1 aliphatic carbocycles. The molecule has 3 heteroatoms. The topological polar surface area (TPSA) is 47.3 Å². The quantitative estimate of drug-likeness (QED) is 0.586. The van der Waals surface area contributed by atoms with E-state index in [1.54, 1.807) is 0 Å². The molecule has 2 aliphatic rings. The third kappa shape index (κ3) is 2.67. The van der Waals surface area contributed by atoms with Gasteiger partial charge in [-0.2, -0.15) is 0 Å². The van der Waals surface area contributed by atoms with E-state index >= 15 is 0 Å². The zero-order valence-electron chi connectivity index (χ0n) is 11.5. The van der Waals surface area contributed by atoms with Crippen LogP contribution in [0.5, 0.6) is 0 Å². The average molecular weight is 240 g/mol. The summed E-state index contributed by atoms with van der Waals surface area (Å²) in [5, 5.41) is 0. The van der Waals surface area contributed by atoms with Gasteiger partial charge >= 0.3 is 0 Å². The van der Waals surface area contributed by atoms with Crippen molar-refractivity contribution in [1.82, 2.24) is 5.43 Å². The number of nitrogens with two attached hydrogens (primary N) is 1. The molecule has 1 spiro atoms. The van der Waals surface area contributed by atoms with Crippen molar-refractivity contribution in [1.29, 1.82) is 0 Å². The molecule has 0 radical (unpaired) electrons. The van der Waals surface area contributed by atoms with E-state index in [4.69, 9.17) is 10.6 Å². The number of ether oxygens (including phenoxy) is 1. The highest BCUT2D eigenvalue weighted by molar-refractivity contribution is 4.97. The summed E-state index contributed by atoms with van der Waals surface area (Å²) >= 11 is 0. The molecular formula is C14H28N2O. The lowest BCUT2D eigenvalue weighted by Crippen LogP contribution is -2.54. The van der Waals surface area contributed by atoms with E-state index in [2.05, 4.69) is 26.2 Å². The Bertz CT molecular complexity index is 251. The first-order chi connectivity index (χ1) is 8.08. The number of hydrazine groups is 1. The van der Waals surface area contributed by atoms with Gasteiger partial charge in [-0.1, -0.05) is 20.8 Å². The lowest BCUT2D eigenvalue weighted by Gasteiger charge is -2.49. The Morgan fingerprint density at radius 2 is 2.00 bits per heavy atom. The molecule has 1 saturated carbocycles. The summed E-state index contributed by atoms with van der Waals surface area (Å²) in [7, 11) is 0. The highest BCUT2D eigenvalue weighted by atomic mass is 16.5. The van der Waals surface area contributed by atoms with E-state index in [0.29, 0.717) is 23.8 Å². The molecule has 0 aromatic rings. The van der Waals surface area contributed by atoms with Crippen molar-refractivity contribution >= 4 is 0 Å². The van der Waals surface area contributed by atoms with Gasteiger partial charge in [0.25, 0.3) is 0 Å². The second-order valence-electron chi connectivity index (χ2n) is 6.43. The average Bonchev–Trinajstić information content (AvgIpc) is 2.28. The minimum atomic E-state index is 0.231. The lowest BCUT2D eigenvalue weighted by atomic mass is 9.68. The third-order valence-electron chi connectivity index (χ3n) is 5.11. The smallest absolute Gasteiger partial charge is 0.0685 e. The normalized spacial score (nSPS) is 31.2. The van der Waals surface area contributed by atoms with Crippen molar-refractivity contribution < 1.29 is 4.74 Å². The summed E-state index contributed by atoms with van der Waals surface area (Å²) < 4.78 is 6.00. The second kappa shape index (κ2) is 5.25. The maximum absolute atomic E-state index is 6.00. The van der Waals surface area contributed by atoms with Crippen molar-refractivity contribution in [2.75, 3.05) is 6.61 Å². The molecule has 3 nitrogen and oxygen atoms in total. The van der Waals surface area contributed by atoms with Crippen LogP contribution in [0.4, 0.5) is 0 Å². The van der Waals surface area contributed by atoms with Crippen LogP contribution in [0.15, 0.2) is 0 Å². The van der Waals surface area contributed by atoms with Gasteiger partial charge in [-0.05, 0) is 49.9 Å². The zero-order valence-corrected chi connectivity index (χ0v) is 11.5. The van der Waals surface area contributed by atoms with Crippen LogP contribution in [0.1, 0.15) is 52.9 Å². The first-order valence-corrected chi connectivity index (χ1v) is 7.18. The second-order valence-corrected chi connectivity index (χ2v) is 6.43. The predicted octanol–water partition coefficient (Wildman–Crippen LogP) is 2.46. The molecule has 0 aromatic carbocycles. The summed E-state index contributed by atoms with van der Waals surface area (Å²) in [4.78, 5) is 0. The molecule has 2 rings (SSSR count). The highest BCUT2D eigenvalue weighted by Gasteiger charge is 2.45. The van der Waals surface area contributed by atoms with E-state index in [1.165, 1.54) is 25.7 Å². The summed E-state index contributed by atoms with van der Waals surface area (Å²) in [6.07, 6.45) is 6.23. The molecule has 1 heterocycles. The van der Waals surface area contributed by atoms with Gasteiger partial charge in [0.05, 0.1) is 5.60 Å². The molecule has 1 saturated heterocycles. The first kappa shape index (κ1) is 13.3. The van der Waals surface area contributed by atoms with Crippen LogP contribution >= 0.6 is 0 Å². The molecule has 1 aliphatic heterocycles. The zero-order chi connectivity index (χ0) is 12.5. The van der Waals surface area contributed by atoms with E-state index in [0.717, 1.165) is 13.0 Å². The molecule has 0 bridgehead atoms. The molecule has 3 atom stereocenters. The van der Waals surface area contributed by atoms with Crippen molar-refractivity contribution in [2.24, 2.45) is 23.6 Å². The van der Waals surface area contributed by atoms with Crippen LogP contribution in [-0.2, 0) is 4.74 Å². The van der Waals surface area contributed by atoms with Crippen LogP contribution in [-0.4, -0.2) is 18.2 Å². The highest BCUT2D eigenvalue weighted by Crippen LogP contribution is 2.45. The van der Waals surface area contributed by atoms with Gasteiger partial charge in [0, 0.05) is 12.6 Å². The molecular weight excluding hydrogens is 212 g/mol. The number of nitrogens with one attached hydrogen (secondary N) is 1. The van der Waals surface area contributed by atoms with E-state index < -0.39 is 0 Å². The van der Waals surface area contributed by atoms with E-state index in [-0.39, 0.29) is 5.60 Å². The van der Waals surface area contributed by atoms with E-state index in [9.17, 15) is 0 Å². The summed E-state index contributed by atoms with van der Waals surface area (Å²) in [5.41, 5.74) is 3.31. The van der Waals surface area contributed by atoms with Crippen LogP contribution in [0.2, 0.25) is 0 Å². The van der Waals surface area contributed by atoms with Crippen LogP contribution in [0.25, 0.3) is 0 Å². The van der Waals surface area contributed by atoms with Crippen molar-refractivity contribution in [3.63, 3.8) is 0 Å². The van der Waals surface area contributed by atoms with Crippen LogP contribution in [0, 0.1) is 17.8 Å². The lowest BCUT2D eigenvalue weighted by molar-refractivity contribution is -0.149. The third-order valence-corrected chi connectivity index (χ3v) is 5.11. The molecule has 17 heavy (non-hydrogen) atoms. The largest absolute Gasteiger partial charge is 0.375 e. The van der Waals surface area contributed by atoms with Gasteiger partial charge in [-0.25, -0.2) is 0 Å². The molecule has 100 valence electrons. The first-order valence-electron chi connectivity index (χ1n) is 7.18. The minimum absolute atomic E-state index is 0.231. The molecule has 2 fully saturated rings. The molecule has 3 unspecified atom stereocenters. The maximum Gasteiger partial charge on any atom is 0.0685 e. The Balaban J connectivity index is 1.99. The predicted molar refractivity (Wildman–Crippen MR) is 70.4 cm³/mol. The van der Waals surface area contributed by atoms with Gasteiger partial charge < -0.3 is 4.74 Å². The van der Waals surface area contributed by atoms with Crippen LogP contribution in [0.3, 0.4) is 0 Å². The van der Waals surface area contributed by atoms with Crippen molar-refractivity contribution in [3.8, 4) is 0 Å². The fourth-order valence-electron chi connectivity index (χ4n) is 3.42. The van der Waals surface area contributed by atoms with Crippen molar-refractivity contribution in [3.05, 3.63) is 0 Å². The maximum atomic E-state index is 6.00. The monoisotopic (exact) mass is 240 g/mol. The standard InChI is InChI=1S/C14H28N2O/c1-10(2)11(3)13(16-15)12-5-8-17-14(9-12)6-4-7-14/h10-13,16H,4-9,15H2,1-3H3. The Hall–Kier alpha value is -0.120. The number of hydrogen-bond acceptors (Lipinski definition) is 3. The van der Waals surface area contributed by atoms with Gasteiger partial charge in [-0.3, -0.25) is 11.3 Å². The Morgan fingerprint density at radius 1 is 1.29 bits per heavy atom. The van der Waals surface area contributed by atoms with Gasteiger partial charge in [0.2, 0.25) is 0 Å². The Morgan fingerprint density at radius 3 is 2.47 bits per heavy atom. The number of hydrogen-bond donors (Lipinski definition) is 2. The molecule has 0 aromatic heterocycles. The van der Waals surface area contributed by atoms with Crippen LogP contribution < -0.4 is 11.3 Å². The van der Waals surface area contributed by atoms with E-state index in [1.807, 2.05) is 0 Å². The molecule has 0 amide bonds. The minimum Gasteiger partial charge on any atom is -0.375 e. The Labute approximate surface area is 105 Å². The summed E-state index contributed by atoms with van der Waals surface area (Å²) in [5.74, 6) is 7.79.